The Bertz CT molecular complexity index is 937. The van der Waals surface area contributed by atoms with Crippen LogP contribution in [0.5, 0.6) is 0 Å². The summed E-state index contributed by atoms with van der Waals surface area (Å²) in [6.07, 6.45) is 2.12. The van der Waals surface area contributed by atoms with Crippen molar-refractivity contribution < 1.29 is 9.18 Å². The Morgan fingerprint density at radius 2 is 2.00 bits per heavy atom. The maximum Gasteiger partial charge on any atom is 0.226 e. The molecule has 1 heterocycles. The number of nitrogens with zero attached hydrogens (tertiary/aromatic N) is 1. The molecule has 3 aromatic rings. The Balaban J connectivity index is 1.26. The second-order valence-corrected chi connectivity index (χ2v) is 8.33. The third-order valence-corrected chi connectivity index (χ3v) is 6.27. The molecule has 0 saturated carbocycles. The van der Waals surface area contributed by atoms with Gasteiger partial charge in [0.1, 0.15) is 5.82 Å². The molecule has 0 atom stereocenters. The summed E-state index contributed by atoms with van der Waals surface area (Å²) in [6, 6.07) is 14.7. The van der Waals surface area contributed by atoms with E-state index in [2.05, 4.69) is 22.4 Å². The van der Waals surface area contributed by atoms with Crippen molar-refractivity contribution in [2.24, 2.45) is 0 Å². The molecule has 0 fully saturated rings. The van der Waals surface area contributed by atoms with Crippen LogP contribution in [-0.2, 0) is 11.2 Å². The van der Waals surface area contributed by atoms with Crippen LogP contribution in [0.1, 0.15) is 23.3 Å². The zero-order valence-electron chi connectivity index (χ0n) is 14.0. The van der Waals surface area contributed by atoms with Gasteiger partial charge in [0.05, 0.1) is 5.69 Å². The van der Waals surface area contributed by atoms with Gasteiger partial charge in [0.15, 0.2) is 5.13 Å². The molecule has 1 aliphatic rings. The number of carbonyl (C=O) groups excluding carboxylic acids is 1. The molecule has 4 rings (SSSR count). The molecule has 0 bridgehead atoms. The lowest BCUT2D eigenvalue weighted by Gasteiger charge is -2.03. The summed E-state index contributed by atoms with van der Waals surface area (Å²) in [4.78, 5) is 19.0. The van der Waals surface area contributed by atoms with Gasteiger partial charge in [-0.25, -0.2) is 9.37 Å². The highest BCUT2D eigenvalue weighted by Gasteiger charge is 2.23. The van der Waals surface area contributed by atoms with Gasteiger partial charge < -0.3 is 5.32 Å². The van der Waals surface area contributed by atoms with E-state index in [0.717, 1.165) is 29.2 Å². The number of aromatic nitrogens is 1. The number of rotatable bonds is 6. The maximum absolute atomic E-state index is 12.9. The van der Waals surface area contributed by atoms with Crippen molar-refractivity contribution in [3.63, 3.8) is 0 Å². The minimum absolute atomic E-state index is 0.00888. The number of hydrogen-bond acceptors (Lipinski definition) is 4. The molecule has 0 saturated heterocycles. The predicted octanol–water partition coefficient (Wildman–Crippen LogP) is 5.36. The van der Waals surface area contributed by atoms with Crippen LogP contribution in [-0.4, -0.2) is 16.6 Å². The van der Waals surface area contributed by atoms with Crippen LogP contribution >= 0.6 is 23.1 Å². The fourth-order valence-electron chi connectivity index (χ4n) is 2.95. The average molecular weight is 385 g/mol. The topological polar surface area (TPSA) is 42.0 Å². The molecular formula is C20H17FN2OS2. The predicted molar refractivity (Wildman–Crippen MR) is 105 cm³/mol. The lowest BCUT2D eigenvalue weighted by atomic mass is 10.1. The van der Waals surface area contributed by atoms with E-state index in [0.29, 0.717) is 11.6 Å². The SMILES string of the molecule is O=C(CCCSc1ccc(F)cc1)Nc1nc2c(s1)Cc1ccccc1-2. The van der Waals surface area contributed by atoms with E-state index in [9.17, 15) is 9.18 Å². The second-order valence-electron chi connectivity index (χ2n) is 6.08. The normalized spacial score (nSPS) is 11.9. The first kappa shape index (κ1) is 17.2. The van der Waals surface area contributed by atoms with Crippen molar-refractivity contribution in [3.05, 3.63) is 64.8 Å². The Morgan fingerprint density at radius 1 is 1.19 bits per heavy atom. The Labute approximate surface area is 159 Å². The molecule has 26 heavy (non-hydrogen) atoms. The quantitative estimate of drug-likeness (QED) is 0.359. The van der Waals surface area contributed by atoms with Gasteiger partial charge in [-0.15, -0.1) is 23.1 Å². The summed E-state index contributed by atoms with van der Waals surface area (Å²) in [6.45, 7) is 0. The van der Waals surface area contributed by atoms with Gasteiger partial charge in [-0.1, -0.05) is 24.3 Å². The standard InChI is InChI=1S/C20H17FN2OS2/c21-14-7-9-15(10-8-14)25-11-3-6-18(24)22-20-23-19-16-5-2-1-4-13(16)12-17(19)26-20/h1-2,4-5,7-10H,3,6,11-12H2,(H,22,23,24). The van der Waals surface area contributed by atoms with Crippen molar-refractivity contribution in [3.8, 4) is 11.3 Å². The first-order valence-corrected chi connectivity index (χ1v) is 10.3. The van der Waals surface area contributed by atoms with Crippen LogP contribution in [0.3, 0.4) is 0 Å². The number of amides is 1. The minimum Gasteiger partial charge on any atom is -0.302 e. The summed E-state index contributed by atoms with van der Waals surface area (Å²) < 4.78 is 12.9. The van der Waals surface area contributed by atoms with Crippen LogP contribution in [0.15, 0.2) is 53.4 Å². The molecule has 132 valence electrons. The Morgan fingerprint density at radius 3 is 2.85 bits per heavy atom. The Kier molecular flexibility index (Phi) is 5.04. The lowest BCUT2D eigenvalue weighted by molar-refractivity contribution is -0.116. The zero-order chi connectivity index (χ0) is 17.9. The molecular weight excluding hydrogens is 367 g/mol. The van der Waals surface area contributed by atoms with Gasteiger partial charge in [-0.2, -0.15) is 0 Å². The first-order valence-electron chi connectivity index (χ1n) is 8.45. The van der Waals surface area contributed by atoms with Crippen molar-refractivity contribution in [1.82, 2.24) is 4.98 Å². The molecule has 1 aromatic heterocycles. The smallest absolute Gasteiger partial charge is 0.226 e. The number of carbonyl (C=O) groups is 1. The van der Waals surface area contributed by atoms with Crippen molar-refractivity contribution in [2.45, 2.75) is 24.2 Å². The van der Waals surface area contributed by atoms with E-state index in [1.54, 1.807) is 35.2 Å². The summed E-state index contributed by atoms with van der Waals surface area (Å²) >= 11 is 3.19. The fourth-order valence-corrected chi connectivity index (χ4v) is 4.82. The van der Waals surface area contributed by atoms with Gasteiger partial charge in [0.2, 0.25) is 5.91 Å². The van der Waals surface area contributed by atoms with Gasteiger partial charge >= 0.3 is 0 Å². The Hall–Kier alpha value is -2.18. The number of hydrogen-bond donors (Lipinski definition) is 1. The van der Waals surface area contributed by atoms with Crippen LogP contribution in [0, 0.1) is 5.82 Å². The van der Waals surface area contributed by atoms with Crippen molar-refractivity contribution in [2.75, 3.05) is 11.1 Å². The molecule has 2 aromatic carbocycles. The van der Waals surface area contributed by atoms with Crippen molar-refractivity contribution >= 4 is 34.1 Å². The number of fused-ring (bicyclic) bond motifs is 3. The molecule has 0 unspecified atom stereocenters. The van der Waals surface area contributed by atoms with E-state index >= 15 is 0 Å². The average Bonchev–Trinajstić information content (AvgIpc) is 3.17. The van der Waals surface area contributed by atoms with E-state index < -0.39 is 0 Å². The molecule has 1 N–H and O–H groups in total. The lowest BCUT2D eigenvalue weighted by Crippen LogP contribution is -2.11. The van der Waals surface area contributed by atoms with Gasteiger partial charge in [0, 0.05) is 28.2 Å². The summed E-state index contributed by atoms with van der Waals surface area (Å²) in [5, 5.41) is 3.60. The molecule has 0 aliphatic heterocycles. The van der Waals surface area contributed by atoms with Crippen LogP contribution in [0.2, 0.25) is 0 Å². The third-order valence-electron chi connectivity index (χ3n) is 4.20. The van der Waals surface area contributed by atoms with Gasteiger partial charge in [-0.3, -0.25) is 4.79 Å². The van der Waals surface area contributed by atoms with E-state index in [-0.39, 0.29) is 11.7 Å². The summed E-state index contributed by atoms with van der Waals surface area (Å²) in [5.74, 6) is 0.581. The highest BCUT2D eigenvalue weighted by atomic mass is 32.2. The van der Waals surface area contributed by atoms with Crippen LogP contribution in [0.25, 0.3) is 11.3 Å². The largest absolute Gasteiger partial charge is 0.302 e. The highest BCUT2D eigenvalue weighted by Crippen LogP contribution is 2.40. The number of anilines is 1. The molecule has 1 aliphatic carbocycles. The van der Waals surface area contributed by atoms with Gasteiger partial charge in [-0.05, 0) is 42.0 Å². The molecule has 3 nitrogen and oxygen atoms in total. The van der Waals surface area contributed by atoms with E-state index in [4.69, 9.17) is 0 Å². The van der Waals surface area contributed by atoms with Gasteiger partial charge in [0.25, 0.3) is 0 Å². The monoisotopic (exact) mass is 384 g/mol. The zero-order valence-corrected chi connectivity index (χ0v) is 15.6. The number of halogens is 1. The maximum atomic E-state index is 12.9. The van der Waals surface area contributed by atoms with E-state index in [1.165, 1.54) is 28.1 Å². The fraction of sp³-hybridized carbons (Fsp3) is 0.200. The van der Waals surface area contributed by atoms with E-state index in [1.807, 2.05) is 12.1 Å². The second kappa shape index (κ2) is 7.60. The molecule has 6 heteroatoms. The van der Waals surface area contributed by atoms with Crippen molar-refractivity contribution in [1.29, 1.82) is 0 Å². The minimum atomic E-state index is -0.230. The number of thiazole rings is 1. The number of benzene rings is 2. The summed E-state index contributed by atoms with van der Waals surface area (Å²) in [7, 11) is 0. The molecule has 0 spiro atoms. The number of thioether (sulfide) groups is 1. The van der Waals surface area contributed by atoms with Crippen LogP contribution < -0.4 is 5.32 Å². The molecule has 1 amide bonds. The third kappa shape index (κ3) is 3.81. The molecule has 0 radical (unpaired) electrons. The summed E-state index contributed by atoms with van der Waals surface area (Å²) in [5.41, 5.74) is 3.49. The van der Waals surface area contributed by atoms with Crippen LogP contribution in [0.4, 0.5) is 9.52 Å². The first-order chi connectivity index (χ1) is 12.7. The number of nitrogens with one attached hydrogen (secondary N) is 1. The highest BCUT2D eigenvalue weighted by molar-refractivity contribution is 7.99.